The van der Waals surface area contributed by atoms with Crippen molar-refractivity contribution in [1.29, 1.82) is 0 Å². The van der Waals surface area contributed by atoms with Gasteiger partial charge in [0.25, 0.3) is 0 Å². The Balaban J connectivity index is 1.85. The Hall–Kier alpha value is -2.28. The second-order valence-corrected chi connectivity index (χ2v) is 5.10. The summed E-state index contributed by atoms with van der Waals surface area (Å²) in [5, 5.41) is 6.37. The topological polar surface area (TPSA) is 12.0 Å². The van der Waals surface area contributed by atoms with Crippen LogP contribution >= 0.6 is 0 Å². The van der Waals surface area contributed by atoms with E-state index in [2.05, 4.69) is 59.9 Å². The van der Waals surface area contributed by atoms with Gasteiger partial charge >= 0.3 is 0 Å². The molecular formula is C18H15N. The summed E-state index contributed by atoms with van der Waals surface area (Å²) in [5.41, 5.74) is 5.37. The molecular weight excluding hydrogens is 230 g/mol. The first-order valence-corrected chi connectivity index (χ1v) is 6.77. The fourth-order valence-corrected chi connectivity index (χ4v) is 3.06. The lowest BCUT2D eigenvalue weighted by Crippen LogP contribution is -1.94. The third-order valence-electron chi connectivity index (χ3n) is 3.94. The summed E-state index contributed by atoms with van der Waals surface area (Å²) < 4.78 is 0. The second-order valence-electron chi connectivity index (χ2n) is 5.10. The first kappa shape index (κ1) is 10.6. The van der Waals surface area contributed by atoms with Crippen molar-refractivity contribution in [3.05, 3.63) is 71.8 Å². The van der Waals surface area contributed by atoms with E-state index in [4.69, 9.17) is 0 Å². The molecule has 1 N–H and O–H groups in total. The van der Waals surface area contributed by atoms with Gasteiger partial charge in [-0.3, -0.25) is 0 Å². The summed E-state index contributed by atoms with van der Waals surface area (Å²) in [4.78, 5) is 0. The lowest BCUT2D eigenvalue weighted by Gasteiger charge is -2.11. The number of aryl methyl sites for hydroxylation is 2. The standard InChI is InChI=1S/C18H15N/c1-2-7-15(8-3-1)19-17-12-10-14-6-4-5-13-9-11-16(17)18(13)14/h1-8,10,12,19H,9,11H2. The fraction of sp³-hybridized carbons (Fsp3) is 0.111. The predicted octanol–water partition coefficient (Wildman–Crippen LogP) is 4.68. The lowest BCUT2D eigenvalue weighted by atomic mass is 10.0. The minimum absolute atomic E-state index is 1.14. The van der Waals surface area contributed by atoms with Gasteiger partial charge in [-0.15, -0.1) is 0 Å². The molecule has 3 aromatic rings. The molecule has 0 aromatic heterocycles. The Morgan fingerprint density at radius 3 is 2.53 bits per heavy atom. The number of hydrogen-bond acceptors (Lipinski definition) is 1. The van der Waals surface area contributed by atoms with E-state index in [1.807, 2.05) is 6.07 Å². The molecule has 0 unspecified atom stereocenters. The molecule has 0 atom stereocenters. The molecule has 1 aliphatic rings. The van der Waals surface area contributed by atoms with Gasteiger partial charge in [-0.25, -0.2) is 0 Å². The van der Waals surface area contributed by atoms with Crippen molar-refractivity contribution in [3.8, 4) is 0 Å². The van der Waals surface area contributed by atoms with Gasteiger partial charge in [0.2, 0.25) is 0 Å². The van der Waals surface area contributed by atoms with Crippen LogP contribution in [0.25, 0.3) is 10.8 Å². The maximum absolute atomic E-state index is 3.55. The van der Waals surface area contributed by atoms with Gasteiger partial charge in [0.1, 0.15) is 0 Å². The van der Waals surface area contributed by atoms with Crippen LogP contribution in [0, 0.1) is 0 Å². The number of para-hydroxylation sites is 1. The van der Waals surface area contributed by atoms with Crippen LogP contribution in [0.15, 0.2) is 60.7 Å². The van der Waals surface area contributed by atoms with Crippen LogP contribution in [0.5, 0.6) is 0 Å². The Morgan fingerprint density at radius 2 is 1.63 bits per heavy atom. The molecule has 19 heavy (non-hydrogen) atoms. The summed E-state index contributed by atoms with van der Waals surface area (Å²) in [6.07, 6.45) is 2.31. The average molecular weight is 245 g/mol. The third kappa shape index (κ3) is 1.70. The number of benzene rings is 3. The molecule has 0 bridgehead atoms. The minimum Gasteiger partial charge on any atom is -0.355 e. The summed E-state index contributed by atoms with van der Waals surface area (Å²) in [6.45, 7) is 0. The van der Waals surface area contributed by atoms with Crippen molar-refractivity contribution in [2.45, 2.75) is 12.8 Å². The Kier molecular flexibility index (Phi) is 2.31. The van der Waals surface area contributed by atoms with E-state index in [0.29, 0.717) is 0 Å². The van der Waals surface area contributed by atoms with Gasteiger partial charge in [0.15, 0.2) is 0 Å². The first-order chi connectivity index (χ1) is 9.42. The van der Waals surface area contributed by atoms with E-state index in [0.717, 1.165) is 12.1 Å². The van der Waals surface area contributed by atoms with Crippen LogP contribution in [0.3, 0.4) is 0 Å². The van der Waals surface area contributed by atoms with E-state index in [-0.39, 0.29) is 0 Å². The van der Waals surface area contributed by atoms with E-state index in [9.17, 15) is 0 Å². The van der Waals surface area contributed by atoms with E-state index < -0.39 is 0 Å². The number of hydrogen-bond donors (Lipinski definition) is 1. The van der Waals surface area contributed by atoms with Gasteiger partial charge in [-0.05, 0) is 52.9 Å². The highest BCUT2D eigenvalue weighted by Gasteiger charge is 2.17. The maximum Gasteiger partial charge on any atom is 0.0423 e. The molecule has 4 rings (SSSR count). The summed E-state index contributed by atoms with van der Waals surface area (Å²) in [6, 6.07) is 21.4. The van der Waals surface area contributed by atoms with Crippen LogP contribution in [0.1, 0.15) is 11.1 Å². The normalized spacial score (nSPS) is 12.8. The van der Waals surface area contributed by atoms with Crippen molar-refractivity contribution in [2.75, 3.05) is 5.32 Å². The molecule has 0 fully saturated rings. The average Bonchev–Trinajstić information content (AvgIpc) is 2.89. The molecule has 0 aliphatic heterocycles. The molecule has 3 aromatic carbocycles. The van der Waals surface area contributed by atoms with Crippen molar-refractivity contribution < 1.29 is 0 Å². The van der Waals surface area contributed by atoms with Gasteiger partial charge in [0.05, 0.1) is 0 Å². The highest BCUT2D eigenvalue weighted by molar-refractivity contribution is 5.95. The fourth-order valence-electron chi connectivity index (χ4n) is 3.06. The first-order valence-electron chi connectivity index (χ1n) is 6.77. The largest absolute Gasteiger partial charge is 0.355 e. The number of rotatable bonds is 2. The van der Waals surface area contributed by atoms with Crippen molar-refractivity contribution in [3.63, 3.8) is 0 Å². The highest BCUT2D eigenvalue weighted by atomic mass is 14.9. The number of nitrogens with one attached hydrogen (secondary N) is 1. The van der Waals surface area contributed by atoms with Crippen LogP contribution in [-0.2, 0) is 12.8 Å². The number of anilines is 2. The monoisotopic (exact) mass is 245 g/mol. The SMILES string of the molecule is c1ccc(Nc2ccc3cccc4c3c2CC4)cc1. The molecule has 92 valence electrons. The summed E-state index contributed by atoms with van der Waals surface area (Å²) >= 11 is 0. The van der Waals surface area contributed by atoms with Gasteiger partial charge in [0, 0.05) is 11.4 Å². The molecule has 0 saturated heterocycles. The zero-order valence-electron chi connectivity index (χ0n) is 10.7. The Morgan fingerprint density at radius 1 is 0.737 bits per heavy atom. The predicted molar refractivity (Wildman–Crippen MR) is 81.1 cm³/mol. The highest BCUT2D eigenvalue weighted by Crippen LogP contribution is 2.36. The Bertz CT molecular complexity index is 744. The zero-order valence-corrected chi connectivity index (χ0v) is 10.7. The van der Waals surface area contributed by atoms with Gasteiger partial charge in [-0.1, -0.05) is 42.5 Å². The molecule has 0 amide bonds. The molecule has 0 heterocycles. The van der Waals surface area contributed by atoms with Crippen molar-refractivity contribution in [1.82, 2.24) is 0 Å². The van der Waals surface area contributed by atoms with E-state index >= 15 is 0 Å². The Labute approximate surface area is 112 Å². The molecule has 1 heteroatoms. The third-order valence-corrected chi connectivity index (χ3v) is 3.94. The van der Waals surface area contributed by atoms with E-state index in [1.54, 1.807) is 0 Å². The van der Waals surface area contributed by atoms with Crippen LogP contribution in [0.4, 0.5) is 11.4 Å². The minimum atomic E-state index is 1.14. The quantitative estimate of drug-likeness (QED) is 0.691. The zero-order chi connectivity index (χ0) is 12.7. The van der Waals surface area contributed by atoms with Crippen molar-refractivity contribution in [2.24, 2.45) is 0 Å². The molecule has 0 saturated carbocycles. The molecule has 0 spiro atoms. The molecule has 0 radical (unpaired) electrons. The molecule has 1 nitrogen and oxygen atoms in total. The van der Waals surface area contributed by atoms with Gasteiger partial charge < -0.3 is 5.32 Å². The van der Waals surface area contributed by atoms with Crippen LogP contribution < -0.4 is 5.32 Å². The summed E-state index contributed by atoms with van der Waals surface area (Å²) in [5.74, 6) is 0. The van der Waals surface area contributed by atoms with E-state index in [1.165, 1.54) is 34.0 Å². The van der Waals surface area contributed by atoms with Crippen LogP contribution in [0.2, 0.25) is 0 Å². The van der Waals surface area contributed by atoms with Gasteiger partial charge in [-0.2, -0.15) is 0 Å². The lowest BCUT2D eigenvalue weighted by molar-refractivity contribution is 1.03. The van der Waals surface area contributed by atoms with Crippen molar-refractivity contribution >= 4 is 22.1 Å². The maximum atomic E-state index is 3.55. The molecule has 1 aliphatic carbocycles. The second kappa shape index (κ2) is 4.13. The van der Waals surface area contributed by atoms with Crippen LogP contribution in [-0.4, -0.2) is 0 Å². The summed E-state index contributed by atoms with van der Waals surface area (Å²) in [7, 11) is 0. The smallest absolute Gasteiger partial charge is 0.0423 e.